The molecule has 0 saturated carbocycles. The minimum Gasteiger partial charge on any atom is -0.303 e. The van der Waals surface area contributed by atoms with Gasteiger partial charge < -0.3 is 9.79 Å². The summed E-state index contributed by atoms with van der Waals surface area (Å²) < 4.78 is 16.3. The highest BCUT2D eigenvalue weighted by molar-refractivity contribution is 7.46. The average Bonchev–Trinajstić information content (AvgIpc) is 2.37. The molecule has 2 N–H and O–H groups in total. The third-order valence-corrected chi connectivity index (χ3v) is 4.33. The molecule has 0 radical (unpaired) electrons. The highest BCUT2D eigenvalue weighted by Crippen LogP contribution is 2.48. The van der Waals surface area contributed by atoms with Gasteiger partial charge in [-0.25, -0.2) is 4.57 Å². The molecule has 0 amide bonds. The number of benzene rings is 1. The first-order valence-electron chi connectivity index (χ1n) is 6.49. The van der Waals surface area contributed by atoms with Crippen molar-refractivity contribution in [3.05, 3.63) is 60.2 Å². The number of allylic oxidation sites excluding steroid dienone is 2. The fourth-order valence-corrected chi connectivity index (χ4v) is 3.40. The Bertz CT molecular complexity index is 560. The van der Waals surface area contributed by atoms with Gasteiger partial charge in [0.05, 0.1) is 0 Å². The second-order valence-electron chi connectivity index (χ2n) is 5.23. The first-order valence-corrected chi connectivity index (χ1v) is 8.02. The van der Waals surface area contributed by atoms with Gasteiger partial charge in [0.2, 0.25) is 0 Å². The van der Waals surface area contributed by atoms with Crippen LogP contribution in [0.5, 0.6) is 0 Å². The van der Waals surface area contributed by atoms with Gasteiger partial charge in [0.1, 0.15) is 5.60 Å². The number of rotatable bonds is 4. The van der Waals surface area contributed by atoms with Crippen LogP contribution in [0.3, 0.4) is 0 Å². The third kappa shape index (κ3) is 3.47. The summed E-state index contributed by atoms with van der Waals surface area (Å²) in [4.78, 5) is 18.3. The Morgan fingerprint density at radius 1 is 1.25 bits per heavy atom. The van der Waals surface area contributed by atoms with Crippen LogP contribution in [0.2, 0.25) is 0 Å². The maximum Gasteiger partial charge on any atom is 0.470 e. The maximum absolute atomic E-state index is 11.2. The Morgan fingerprint density at radius 3 is 2.50 bits per heavy atom. The molecular formula is C15H19O4P. The SMILES string of the molecule is CC(c1ccccc1)C1C=CC=CC1(C)OP(=O)(O)O. The topological polar surface area (TPSA) is 66.8 Å². The minimum atomic E-state index is -4.55. The molecule has 2 rings (SSSR count). The van der Waals surface area contributed by atoms with E-state index in [1.165, 1.54) is 0 Å². The maximum atomic E-state index is 11.2. The molecule has 1 aliphatic carbocycles. The molecule has 3 unspecified atom stereocenters. The van der Waals surface area contributed by atoms with E-state index in [0.717, 1.165) is 5.56 Å². The van der Waals surface area contributed by atoms with E-state index < -0.39 is 13.4 Å². The molecule has 0 aromatic heterocycles. The second-order valence-corrected chi connectivity index (χ2v) is 6.40. The normalized spacial score (nSPS) is 27.5. The van der Waals surface area contributed by atoms with Gasteiger partial charge in [-0.3, -0.25) is 4.52 Å². The molecule has 108 valence electrons. The zero-order valence-corrected chi connectivity index (χ0v) is 12.4. The molecule has 0 saturated heterocycles. The van der Waals surface area contributed by atoms with Crippen molar-refractivity contribution in [1.29, 1.82) is 0 Å². The van der Waals surface area contributed by atoms with Crippen LogP contribution in [0.1, 0.15) is 25.3 Å². The van der Waals surface area contributed by atoms with E-state index in [1.807, 2.05) is 49.4 Å². The van der Waals surface area contributed by atoms with Crippen LogP contribution in [-0.4, -0.2) is 15.4 Å². The van der Waals surface area contributed by atoms with Gasteiger partial charge in [-0.05, 0) is 18.4 Å². The third-order valence-electron chi connectivity index (χ3n) is 3.70. The van der Waals surface area contributed by atoms with Crippen molar-refractivity contribution in [2.75, 3.05) is 0 Å². The predicted molar refractivity (Wildman–Crippen MR) is 78.2 cm³/mol. The van der Waals surface area contributed by atoms with Gasteiger partial charge in [0.25, 0.3) is 0 Å². The van der Waals surface area contributed by atoms with E-state index in [9.17, 15) is 4.57 Å². The van der Waals surface area contributed by atoms with Crippen molar-refractivity contribution in [3.63, 3.8) is 0 Å². The number of hydrogen-bond donors (Lipinski definition) is 2. The lowest BCUT2D eigenvalue weighted by molar-refractivity contribution is 0.0463. The van der Waals surface area contributed by atoms with Crippen molar-refractivity contribution >= 4 is 7.82 Å². The molecule has 0 aliphatic heterocycles. The first kappa shape index (κ1) is 15.2. The van der Waals surface area contributed by atoms with E-state index in [0.29, 0.717) is 0 Å². The Kier molecular flexibility index (Phi) is 4.31. The van der Waals surface area contributed by atoms with E-state index in [1.54, 1.807) is 19.1 Å². The number of phosphoric ester groups is 1. The standard InChI is InChI=1S/C15H19O4P/c1-12(13-8-4-3-5-9-13)14-10-6-7-11-15(14,2)19-20(16,17)18/h3-12,14H,1-2H3,(H2,16,17,18). The van der Waals surface area contributed by atoms with Gasteiger partial charge in [0, 0.05) is 5.92 Å². The molecule has 20 heavy (non-hydrogen) atoms. The molecule has 1 aromatic rings. The molecular weight excluding hydrogens is 275 g/mol. The van der Waals surface area contributed by atoms with Crippen molar-refractivity contribution in [3.8, 4) is 0 Å². The summed E-state index contributed by atoms with van der Waals surface area (Å²) in [6.45, 7) is 3.74. The van der Waals surface area contributed by atoms with Crippen LogP contribution < -0.4 is 0 Å². The molecule has 5 heteroatoms. The van der Waals surface area contributed by atoms with Crippen LogP contribution >= 0.6 is 7.82 Å². The smallest absolute Gasteiger partial charge is 0.303 e. The summed E-state index contributed by atoms with van der Waals surface area (Å²) in [7, 11) is -4.55. The van der Waals surface area contributed by atoms with Crippen LogP contribution in [-0.2, 0) is 9.09 Å². The van der Waals surface area contributed by atoms with E-state index >= 15 is 0 Å². The molecule has 0 spiro atoms. The lowest BCUT2D eigenvalue weighted by Gasteiger charge is -2.38. The Morgan fingerprint density at radius 2 is 1.90 bits per heavy atom. The molecule has 0 heterocycles. The number of phosphoric acid groups is 1. The Hall–Kier alpha value is -1.19. The van der Waals surface area contributed by atoms with Crippen molar-refractivity contribution in [1.82, 2.24) is 0 Å². The Labute approximate surface area is 119 Å². The molecule has 0 bridgehead atoms. The summed E-state index contributed by atoms with van der Waals surface area (Å²) in [5.41, 5.74) is 0.0845. The molecule has 4 nitrogen and oxygen atoms in total. The summed E-state index contributed by atoms with van der Waals surface area (Å²) in [5.74, 6) is -0.0727. The first-order chi connectivity index (χ1) is 9.32. The lowest BCUT2D eigenvalue weighted by atomic mass is 9.75. The molecule has 3 atom stereocenters. The summed E-state index contributed by atoms with van der Waals surface area (Å²) in [6, 6.07) is 9.87. The van der Waals surface area contributed by atoms with Crippen LogP contribution in [0.25, 0.3) is 0 Å². The highest BCUT2D eigenvalue weighted by Gasteiger charge is 2.41. The fourth-order valence-electron chi connectivity index (χ4n) is 2.71. The minimum absolute atomic E-state index is 0.0777. The largest absolute Gasteiger partial charge is 0.470 e. The predicted octanol–water partition coefficient (Wildman–Crippen LogP) is 3.40. The average molecular weight is 294 g/mol. The Balaban J connectivity index is 2.31. The van der Waals surface area contributed by atoms with Crippen molar-refractivity contribution in [2.24, 2.45) is 5.92 Å². The zero-order chi connectivity index (χ0) is 14.8. The molecule has 0 fully saturated rings. The quantitative estimate of drug-likeness (QED) is 0.835. The summed E-state index contributed by atoms with van der Waals surface area (Å²) in [6.07, 6.45) is 7.28. The van der Waals surface area contributed by atoms with Crippen LogP contribution in [0.15, 0.2) is 54.6 Å². The van der Waals surface area contributed by atoms with Crippen molar-refractivity contribution < 1.29 is 18.9 Å². The summed E-state index contributed by atoms with van der Waals surface area (Å²) in [5, 5.41) is 0. The van der Waals surface area contributed by atoms with Gasteiger partial charge in [-0.2, -0.15) is 0 Å². The van der Waals surface area contributed by atoms with Gasteiger partial charge >= 0.3 is 7.82 Å². The second kappa shape index (κ2) is 5.66. The lowest BCUT2D eigenvalue weighted by Crippen LogP contribution is -2.38. The van der Waals surface area contributed by atoms with Crippen LogP contribution in [0.4, 0.5) is 0 Å². The monoisotopic (exact) mass is 294 g/mol. The summed E-state index contributed by atoms with van der Waals surface area (Å²) >= 11 is 0. The zero-order valence-electron chi connectivity index (χ0n) is 11.5. The molecule has 1 aliphatic rings. The van der Waals surface area contributed by atoms with Gasteiger partial charge in [0.15, 0.2) is 0 Å². The van der Waals surface area contributed by atoms with Gasteiger partial charge in [-0.15, -0.1) is 0 Å². The van der Waals surface area contributed by atoms with Crippen LogP contribution in [0, 0.1) is 5.92 Å². The fraction of sp³-hybridized carbons (Fsp3) is 0.333. The van der Waals surface area contributed by atoms with Crippen molar-refractivity contribution in [2.45, 2.75) is 25.4 Å². The van der Waals surface area contributed by atoms with E-state index in [2.05, 4.69) is 0 Å². The molecule has 1 aromatic carbocycles. The van der Waals surface area contributed by atoms with E-state index in [4.69, 9.17) is 14.3 Å². The number of hydrogen-bond acceptors (Lipinski definition) is 2. The highest BCUT2D eigenvalue weighted by atomic mass is 31.2. The van der Waals surface area contributed by atoms with E-state index in [-0.39, 0.29) is 11.8 Å². The van der Waals surface area contributed by atoms with Gasteiger partial charge in [-0.1, -0.05) is 61.6 Å².